The first kappa shape index (κ1) is 19.2. The number of nitrogens with one attached hydrogen (secondary N) is 1. The molecule has 0 spiro atoms. The molecule has 1 aliphatic rings. The number of benzene rings is 2. The number of rotatable bonds is 8. The van der Waals surface area contributed by atoms with Gasteiger partial charge in [-0.2, -0.15) is 0 Å². The molecule has 0 saturated heterocycles. The molecule has 5 heteroatoms. The van der Waals surface area contributed by atoms with Crippen LogP contribution in [0.4, 0.5) is 9.18 Å². The summed E-state index contributed by atoms with van der Waals surface area (Å²) in [7, 11) is 0. The molecule has 1 aliphatic carbocycles. The fraction of sp³-hybridized carbons (Fsp3) is 0.409. The van der Waals surface area contributed by atoms with E-state index in [1.54, 1.807) is 12.1 Å². The zero-order valence-electron chi connectivity index (χ0n) is 16.0. The lowest BCUT2D eigenvalue weighted by Gasteiger charge is -2.23. The first-order chi connectivity index (χ1) is 13.0. The quantitative estimate of drug-likeness (QED) is 0.729. The second-order valence-corrected chi connectivity index (χ2v) is 7.46. The molecule has 0 unspecified atom stereocenters. The molecular formula is C22H27FN2O2. The molecule has 1 saturated carbocycles. The van der Waals surface area contributed by atoms with Crippen molar-refractivity contribution in [1.82, 2.24) is 10.2 Å². The number of halogens is 1. The fourth-order valence-electron chi connectivity index (χ4n) is 2.86. The van der Waals surface area contributed by atoms with Gasteiger partial charge >= 0.3 is 6.03 Å². The highest BCUT2D eigenvalue weighted by molar-refractivity contribution is 5.75. The van der Waals surface area contributed by atoms with E-state index >= 15 is 0 Å². The highest BCUT2D eigenvalue weighted by atomic mass is 19.1. The van der Waals surface area contributed by atoms with Crippen LogP contribution in [0.15, 0.2) is 48.5 Å². The summed E-state index contributed by atoms with van der Waals surface area (Å²) in [5, 5.41) is 3.01. The molecule has 1 fully saturated rings. The van der Waals surface area contributed by atoms with Gasteiger partial charge in [0, 0.05) is 24.7 Å². The van der Waals surface area contributed by atoms with Gasteiger partial charge < -0.3 is 15.0 Å². The zero-order valence-corrected chi connectivity index (χ0v) is 16.0. The Morgan fingerprint density at radius 2 is 1.89 bits per heavy atom. The molecule has 0 bridgehead atoms. The summed E-state index contributed by atoms with van der Waals surface area (Å²) >= 11 is 0. The van der Waals surface area contributed by atoms with Crippen molar-refractivity contribution in [3.05, 3.63) is 65.5 Å². The summed E-state index contributed by atoms with van der Waals surface area (Å²) in [6, 6.07) is 14.3. The van der Waals surface area contributed by atoms with Gasteiger partial charge in [-0.1, -0.05) is 44.2 Å². The molecule has 0 heterocycles. The van der Waals surface area contributed by atoms with Crippen LogP contribution >= 0.6 is 0 Å². The van der Waals surface area contributed by atoms with E-state index in [4.69, 9.17) is 4.74 Å². The number of para-hydroxylation sites is 1. The van der Waals surface area contributed by atoms with Crippen molar-refractivity contribution >= 4 is 6.03 Å². The van der Waals surface area contributed by atoms with Crippen LogP contribution in [0.3, 0.4) is 0 Å². The highest BCUT2D eigenvalue weighted by Gasteiger charge is 2.32. The number of hydrogen-bond donors (Lipinski definition) is 1. The number of urea groups is 1. The molecule has 2 amide bonds. The van der Waals surface area contributed by atoms with E-state index in [1.807, 2.05) is 29.2 Å². The third kappa shape index (κ3) is 5.71. The van der Waals surface area contributed by atoms with E-state index in [2.05, 4.69) is 19.2 Å². The summed E-state index contributed by atoms with van der Waals surface area (Å²) in [6.45, 7) is 5.76. The van der Waals surface area contributed by atoms with Gasteiger partial charge in [-0.3, -0.25) is 0 Å². The van der Waals surface area contributed by atoms with Crippen molar-refractivity contribution < 1.29 is 13.9 Å². The van der Waals surface area contributed by atoms with Crippen LogP contribution in [0.1, 0.15) is 37.8 Å². The van der Waals surface area contributed by atoms with Gasteiger partial charge in [0.1, 0.15) is 11.6 Å². The van der Waals surface area contributed by atoms with Crippen molar-refractivity contribution in [3.63, 3.8) is 0 Å². The topological polar surface area (TPSA) is 41.6 Å². The average molecular weight is 370 g/mol. The van der Waals surface area contributed by atoms with Crippen LogP contribution in [0.5, 0.6) is 5.75 Å². The minimum absolute atomic E-state index is 0.0968. The molecule has 4 nitrogen and oxygen atoms in total. The lowest BCUT2D eigenvalue weighted by atomic mass is 10.2. The second kappa shape index (κ2) is 8.89. The molecule has 0 atom stereocenters. The molecule has 0 radical (unpaired) electrons. The maximum atomic E-state index is 13.1. The molecule has 144 valence electrons. The monoisotopic (exact) mass is 370 g/mol. The SMILES string of the molecule is CC(C)COc1ccccc1CNC(=O)N(Cc1ccc(F)cc1)C1CC1. The maximum Gasteiger partial charge on any atom is 0.318 e. The first-order valence-electron chi connectivity index (χ1n) is 9.52. The van der Waals surface area contributed by atoms with E-state index in [1.165, 1.54) is 12.1 Å². The Kier molecular flexibility index (Phi) is 6.32. The molecule has 2 aromatic rings. The number of ether oxygens (including phenoxy) is 1. The van der Waals surface area contributed by atoms with E-state index in [-0.39, 0.29) is 17.9 Å². The van der Waals surface area contributed by atoms with Gasteiger partial charge in [-0.05, 0) is 42.5 Å². The van der Waals surface area contributed by atoms with Crippen LogP contribution in [-0.4, -0.2) is 23.6 Å². The van der Waals surface area contributed by atoms with E-state index in [0.717, 1.165) is 29.7 Å². The average Bonchev–Trinajstić information content (AvgIpc) is 3.49. The van der Waals surface area contributed by atoms with Gasteiger partial charge in [-0.15, -0.1) is 0 Å². The van der Waals surface area contributed by atoms with Gasteiger partial charge in [0.2, 0.25) is 0 Å². The molecule has 1 N–H and O–H groups in total. The number of nitrogens with zero attached hydrogens (tertiary/aromatic N) is 1. The molecule has 2 aromatic carbocycles. The van der Waals surface area contributed by atoms with Gasteiger partial charge in [-0.25, -0.2) is 9.18 Å². The van der Waals surface area contributed by atoms with E-state index in [9.17, 15) is 9.18 Å². The normalized spacial score (nSPS) is 13.5. The third-order valence-corrected chi connectivity index (χ3v) is 4.49. The maximum absolute atomic E-state index is 13.1. The van der Waals surface area contributed by atoms with Crippen LogP contribution < -0.4 is 10.1 Å². The molecule has 3 rings (SSSR count). The third-order valence-electron chi connectivity index (χ3n) is 4.49. The Hall–Kier alpha value is -2.56. The Labute approximate surface area is 160 Å². The van der Waals surface area contributed by atoms with Crippen molar-refractivity contribution in [2.75, 3.05) is 6.61 Å². The van der Waals surface area contributed by atoms with Gasteiger partial charge in [0.25, 0.3) is 0 Å². The largest absolute Gasteiger partial charge is 0.493 e. The summed E-state index contributed by atoms with van der Waals surface area (Å²) in [5.74, 6) is 0.982. The van der Waals surface area contributed by atoms with Gasteiger partial charge in [0.15, 0.2) is 0 Å². The number of hydrogen-bond acceptors (Lipinski definition) is 2. The summed E-state index contributed by atoms with van der Waals surface area (Å²) in [4.78, 5) is 14.6. The zero-order chi connectivity index (χ0) is 19.2. The van der Waals surface area contributed by atoms with Crippen molar-refractivity contribution in [3.8, 4) is 5.75 Å². The van der Waals surface area contributed by atoms with Crippen LogP contribution in [0.2, 0.25) is 0 Å². The second-order valence-electron chi connectivity index (χ2n) is 7.46. The predicted octanol–water partition coefficient (Wildman–Crippen LogP) is 4.73. The smallest absolute Gasteiger partial charge is 0.318 e. The Morgan fingerprint density at radius 1 is 1.19 bits per heavy atom. The predicted molar refractivity (Wildman–Crippen MR) is 104 cm³/mol. The van der Waals surface area contributed by atoms with E-state index in [0.29, 0.717) is 25.6 Å². The van der Waals surface area contributed by atoms with Crippen LogP contribution in [0, 0.1) is 11.7 Å². The molecule has 27 heavy (non-hydrogen) atoms. The number of carbonyl (C=O) groups excluding carboxylic acids is 1. The molecule has 0 aliphatic heterocycles. The molecular weight excluding hydrogens is 343 g/mol. The van der Waals surface area contributed by atoms with Crippen LogP contribution in [0.25, 0.3) is 0 Å². The van der Waals surface area contributed by atoms with Crippen LogP contribution in [-0.2, 0) is 13.1 Å². The first-order valence-corrected chi connectivity index (χ1v) is 9.52. The fourth-order valence-corrected chi connectivity index (χ4v) is 2.86. The van der Waals surface area contributed by atoms with Crippen molar-refractivity contribution in [2.24, 2.45) is 5.92 Å². The Bertz CT molecular complexity index is 757. The minimum Gasteiger partial charge on any atom is -0.493 e. The Balaban J connectivity index is 1.61. The minimum atomic E-state index is -0.265. The number of amides is 2. The summed E-state index contributed by atoms with van der Waals surface area (Å²) < 4.78 is 19.0. The van der Waals surface area contributed by atoms with Crippen molar-refractivity contribution in [1.29, 1.82) is 0 Å². The summed E-state index contributed by atoms with van der Waals surface area (Å²) in [6.07, 6.45) is 2.03. The standard InChI is InChI=1S/C22H27FN2O2/c1-16(2)15-27-21-6-4-3-5-18(21)13-24-22(26)25(20-11-12-20)14-17-7-9-19(23)10-8-17/h3-10,16,20H,11-15H2,1-2H3,(H,24,26). The Morgan fingerprint density at radius 3 is 2.56 bits per heavy atom. The highest BCUT2D eigenvalue weighted by Crippen LogP contribution is 2.28. The lowest BCUT2D eigenvalue weighted by Crippen LogP contribution is -2.40. The number of carbonyl (C=O) groups is 1. The van der Waals surface area contributed by atoms with Gasteiger partial charge in [0.05, 0.1) is 6.61 Å². The summed E-state index contributed by atoms with van der Waals surface area (Å²) in [5.41, 5.74) is 1.89. The molecule has 0 aromatic heterocycles. The van der Waals surface area contributed by atoms with Crippen molar-refractivity contribution in [2.45, 2.75) is 45.8 Å². The lowest BCUT2D eigenvalue weighted by molar-refractivity contribution is 0.191. The van der Waals surface area contributed by atoms with E-state index < -0.39 is 0 Å².